The first-order valence-electron chi connectivity index (χ1n) is 8.38. The molecule has 1 fully saturated rings. The number of nitrogens with one attached hydrogen (secondary N) is 1. The van der Waals surface area contributed by atoms with Gasteiger partial charge in [0.25, 0.3) is 0 Å². The number of thiophene rings is 1. The molecule has 0 amide bonds. The van der Waals surface area contributed by atoms with Gasteiger partial charge in [-0.15, -0.1) is 11.3 Å². The Labute approximate surface area is 127 Å². The van der Waals surface area contributed by atoms with Crippen LogP contribution in [0.3, 0.4) is 0 Å². The molecule has 0 saturated heterocycles. The second-order valence-electron chi connectivity index (χ2n) is 6.40. The topological polar surface area (TPSA) is 15.3 Å². The molecule has 1 aromatic rings. The third-order valence-corrected chi connectivity index (χ3v) is 5.78. The van der Waals surface area contributed by atoms with Crippen molar-refractivity contribution in [1.82, 2.24) is 10.2 Å². The van der Waals surface area contributed by atoms with E-state index in [1.165, 1.54) is 64.6 Å². The van der Waals surface area contributed by atoms with E-state index in [0.717, 1.165) is 6.04 Å². The molecule has 1 unspecified atom stereocenters. The summed E-state index contributed by atoms with van der Waals surface area (Å²) in [5.41, 5.74) is 1.59. The van der Waals surface area contributed by atoms with Gasteiger partial charge in [-0.25, -0.2) is 0 Å². The van der Waals surface area contributed by atoms with Crippen molar-refractivity contribution in [3.05, 3.63) is 21.9 Å². The standard InChI is InChI=1S/C17H28N2S/c1-14-16-9-13-20-17(16)8-12-19(14)11-5-3-2-4-10-18-15-6-7-15/h9,13-15,18H,2-8,10-12H2,1H3. The van der Waals surface area contributed by atoms with Gasteiger partial charge in [-0.1, -0.05) is 12.8 Å². The molecule has 1 saturated carbocycles. The zero-order valence-corrected chi connectivity index (χ0v) is 13.6. The first-order chi connectivity index (χ1) is 9.84. The van der Waals surface area contributed by atoms with E-state index in [1.54, 1.807) is 10.4 Å². The lowest BCUT2D eigenvalue weighted by Gasteiger charge is -2.33. The van der Waals surface area contributed by atoms with Crippen LogP contribution in [0.2, 0.25) is 0 Å². The van der Waals surface area contributed by atoms with Crippen LogP contribution < -0.4 is 5.32 Å². The van der Waals surface area contributed by atoms with Gasteiger partial charge < -0.3 is 5.32 Å². The van der Waals surface area contributed by atoms with Gasteiger partial charge in [0.05, 0.1) is 0 Å². The highest BCUT2D eigenvalue weighted by atomic mass is 32.1. The molecule has 3 rings (SSSR count). The predicted molar refractivity (Wildman–Crippen MR) is 87.5 cm³/mol. The Balaban J connectivity index is 1.29. The van der Waals surface area contributed by atoms with Gasteiger partial charge in [0.1, 0.15) is 0 Å². The van der Waals surface area contributed by atoms with E-state index in [0.29, 0.717) is 6.04 Å². The fraction of sp³-hybridized carbons (Fsp3) is 0.765. The van der Waals surface area contributed by atoms with Crippen molar-refractivity contribution in [2.24, 2.45) is 0 Å². The molecule has 0 spiro atoms. The average Bonchev–Trinajstić information content (AvgIpc) is 3.15. The molecular formula is C17H28N2S. The zero-order valence-electron chi connectivity index (χ0n) is 12.7. The van der Waals surface area contributed by atoms with Gasteiger partial charge >= 0.3 is 0 Å². The van der Waals surface area contributed by atoms with Gasteiger partial charge in [0.15, 0.2) is 0 Å². The zero-order chi connectivity index (χ0) is 13.8. The van der Waals surface area contributed by atoms with Crippen molar-refractivity contribution in [1.29, 1.82) is 0 Å². The molecule has 2 heterocycles. The van der Waals surface area contributed by atoms with Gasteiger partial charge in [-0.05, 0) is 69.1 Å². The summed E-state index contributed by atoms with van der Waals surface area (Å²) in [5, 5.41) is 5.86. The lowest BCUT2D eigenvalue weighted by atomic mass is 10.0. The molecule has 2 aliphatic rings. The van der Waals surface area contributed by atoms with Crippen LogP contribution in [0, 0.1) is 0 Å². The summed E-state index contributed by atoms with van der Waals surface area (Å²) in [6, 6.07) is 3.85. The molecule has 3 heteroatoms. The van der Waals surface area contributed by atoms with Crippen LogP contribution in [-0.4, -0.2) is 30.6 Å². The number of hydrogen-bond donors (Lipinski definition) is 1. The SMILES string of the molecule is CC1c2ccsc2CCN1CCCCCCNC1CC1. The Bertz CT molecular complexity index is 411. The monoisotopic (exact) mass is 292 g/mol. The van der Waals surface area contributed by atoms with E-state index in [2.05, 4.69) is 28.6 Å². The highest BCUT2D eigenvalue weighted by Gasteiger charge is 2.23. The summed E-state index contributed by atoms with van der Waals surface area (Å²) in [7, 11) is 0. The minimum Gasteiger partial charge on any atom is -0.314 e. The normalized spacial score (nSPS) is 22.9. The van der Waals surface area contributed by atoms with E-state index in [-0.39, 0.29) is 0 Å². The maximum atomic E-state index is 3.60. The average molecular weight is 292 g/mol. The van der Waals surface area contributed by atoms with Crippen LogP contribution >= 0.6 is 11.3 Å². The van der Waals surface area contributed by atoms with Crippen molar-refractivity contribution in [3.8, 4) is 0 Å². The molecule has 0 radical (unpaired) electrons. The van der Waals surface area contributed by atoms with E-state index < -0.39 is 0 Å². The molecule has 20 heavy (non-hydrogen) atoms. The highest BCUT2D eigenvalue weighted by molar-refractivity contribution is 7.10. The van der Waals surface area contributed by atoms with Crippen LogP contribution in [0.15, 0.2) is 11.4 Å². The van der Waals surface area contributed by atoms with Crippen molar-refractivity contribution in [2.75, 3.05) is 19.6 Å². The highest BCUT2D eigenvalue weighted by Crippen LogP contribution is 2.32. The molecule has 1 aromatic heterocycles. The Morgan fingerprint density at radius 1 is 1.25 bits per heavy atom. The molecular weight excluding hydrogens is 264 g/mol. The molecule has 1 aliphatic heterocycles. The number of fused-ring (bicyclic) bond motifs is 1. The largest absolute Gasteiger partial charge is 0.314 e. The summed E-state index contributed by atoms with van der Waals surface area (Å²) in [4.78, 5) is 4.30. The van der Waals surface area contributed by atoms with E-state index in [1.807, 2.05) is 11.3 Å². The van der Waals surface area contributed by atoms with Crippen LogP contribution in [0.5, 0.6) is 0 Å². The summed E-state index contributed by atoms with van der Waals surface area (Å²) in [5.74, 6) is 0. The number of hydrogen-bond acceptors (Lipinski definition) is 3. The molecule has 112 valence electrons. The fourth-order valence-corrected chi connectivity index (χ4v) is 4.22. The minimum absolute atomic E-state index is 0.640. The second kappa shape index (κ2) is 7.06. The van der Waals surface area contributed by atoms with Crippen molar-refractivity contribution in [3.63, 3.8) is 0 Å². The van der Waals surface area contributed by atoms with Crippen molar-refractivity contribution >= 4 is 11.3 Å². The molecule has 0 bridgehead atoms. The van der Waals surface area contributed by atoms with Crippen LogP contribution in [-0.2, 0) is 6.42 Å². The summed E-state index contributed by atoms with van der Waals surface area (Å²) in [6.45, 7) is 6.16. The Morgan fingerprint density at radius 2 is 2.10 bits per heavy atom. The lowest BCUT2D eigenvalue weighted by molar-refractivity contribution is 0.196. The van der Waals surface area contributed by atoms with Gasteiger partial charge in [0.2, 0.25) is 0 Å². The Morgan fingerprint density at radius 3 is 2.95 bits per heavy atom. The van der Waals surface area contributed by atoms with E-state index in [4.69, 9.17) is 0 Å². The minimum atomic E-state index is 0.640. The second-order valence-corrected chi connectivity index (χ2v) is 7.40. The number of rotatable bonds is 8. The van der Waals surface area contributed by atoms with Crippen LogP contribution in [0.25, 0.3) is 0 Å². The van der Waals surface area contributed by atoms with E-state index >= 15 is 0 Å². The van der Waals surface area contributed by atoms with E-state index in [9.17, 15) is 0 Å². The van der Waals surface area contributed by atoms with Crippen LogP contribution in [0.1, 0.15) is 61.9 Å². The Hall–Kier alpha value is -0.380. The smallest absolute Gasteiger partial charge is 0.0331 e. The lowest BCUT2D eigenvalue weighted by Crippen LogP contribution is -2.33. The van der Waals surface area contributed by atoms with Gasteiger partial charge in [0, 0.05) is 23.5 Å². The first-order valence-corrected chi connectivity index (χ1v) is 9.26. The quantitative estimate of drug-likeness (QED) is 0.729. The maximum absolute atomic E-state index is 3.60. The van der Waals surface area contributed by atoms with Crippen molar-refractivity contribution in [2.45, 2.75) is 64.0 Å². The molecule has 1 aliphatic carbocycles. The van der Waals surface area contributed by atoms with Crippen LogP contribution in [0.4, 0.5) is 0 Å². The number of unbranched alkanes of at least 4 members (excludes halogenated alkanes) is 3. The summed E-state index contributed by atoms with van der Waals surface area (Å²) < 4.78 is 0. The molecule has 1 N–H and O–H groups in total. The van der Waals surface area contributed by atoms with Crippen molar-refractivity contribution < 1.29 is 0 Å². The molecule has 2 nitrogen and oxygen atoms in total. The molecule has 0 aromatic carbocycles. The third kappa shape index (κ3) is 3.84. The predicted octanol–water partition coefficient (Wildman–Crippen LogP) is 3.98. The molecule has 1 atom stereocenters. The third-order valence-electron chi connectivity index (χ3n) is 4.79. The fourth-order valence-electron chi connectivity index (χ4n) is 3.25. The van der Waals surface area contributed by atoms with Gasteiger partial charge in [-0.3, -0.25) is 4.90 Å². The summed E-state index contributed by atoms with van der Waals surface area (Å²) >= 11 is 1.94. The first kappa shape index (κ1) is 14.6. The Kier molecular flexibility index (Phi) is 5.14. The summed E-state index contributed by atoms with van der Waals surface area (Å²) in [6.07, 6.45) is 9.61. The number of nitrogens with zero attached hydrogens (tertiary/aromatic N) is 1. The van der Waals surface area contributed by atoms with Gasteiger partial charge in [-0.2, -0.15) is 0 Å². The maximum Gasteiger partial charge on any atom is 0.0331 e.